The van der Waals surface area contributed by atoms with E-state index in [-0.39, 0.29) is 24.9 Å². The van der Waals surface area contributed by atoms with E-state index in [1.165, 1.54) is 16.8 Å². The Morgan fingerprint density at radius 3 is 2.56 bits per heavy atom. The molecule has 1 fully saturated rings. The lowest BCUT2D eigenvalue weighted by Crippen LogP contribution is -2.41. The number of para-hydroxylation sites is 1. The van der Waals surface area contributed by atoms with Crippen LogP contribution in [0.3, 0.4) is 0 Å². The van der Waals surface area contributed by atoms with Gasteiger partial charge in [-0.25, -0.2) is 4.79 Å². The van der Waals surface area contributed by atoms with Crippen molar-refractivity contribution < 1.29 is 19.1 Å². The number of carbonyl (C=O) groups is 3. The Morgan fingerprint density at radius 1 is 1.28 bits per heavy atom. The highest BCUT2D eigenvalue weighted by molar-refractivity contribution is 6.04. The molecule has 1 aliphatic rings. The Kier molecular flexibility index (Phi) is 6.01. The molecule has 0 N–H and O–H groups in total. The first-order valence-electron chi connectivity index (χ1n) is 8.29. The van der Waals surface area contributed by atoms with Gasteiger partial charge in [-0.3, -0.25) is 14.5 Å². The summed E-state index contributed by atoms with van der Waals surface area (Å²) < 4.78 is 5.80. The summed E-state index contributed by atoms with van der Waals surface area (Å²) in [7, 11) is 3.19. The lowest BCUT2D eigenvalue weighted by molar-refractivity contribution is -0.136. The van der Waals surface area contributed by atoms with Crippen LogP contribution in [0.15, 0.2) is 24.3 Å². The zero-order chi connectivity index (χ0) is 18.6. The van der Waals surface area contributed by atoms with Crippen LogP contribution in [0, 0.1) is 5.92 Å². The third kappa shape index (κ3) is 4.71. The molecule has 2 rings (SSSR count). The van der Waals surface area contributed by atoms with E-state index in [0.29, 0.717) is 19.1 Å². The number of hydrogen-bond donors (Lipinski definition) is 0. The highest BCUT2D eigenvalue weighted by Crippen LogP contribution is 2.20. The third-order valence-electron chi connectivity index (χ3n) is 3.90. The summed E-state index contributed by atoms with van der Waals surface area (Å²) in [5.74, 6) is 0.492. The number of likely N-dealkylation sites (N-methyl/N-ethyl adjacent to an activating group) is 2. The molecule has 0 aliphatic carbocycles. The lowest BCUT2D eigenvalue weighted by atomic mass is 10.2. The molecule has 0 radical (unpaired) electrons. The number of rotatable bonds is 7. The van der Waals surface area contributed by atoms with Crippen molar-refractivity contribution in [1.29, 1.82) is 0 Å². The minimum absolute atomic E-state index is 0.0156. The highest BCUT2D eigenvalue weighted by Gasteiger charge is 2.35. The van der Waals surface area contributed by atoms with Crippen molar-refractivity contribution in [3.8, 4) is 5.75 Å². The van der Waals surface area contributed by atoms with E-state index >= 15 is 0 Å². The van der Waals surface area contributed by atoms with Crippen molar-refractivity contribution in [2.24, 2.45) is 5.92 Å². The molecule has 25 heavy (non-hydrogen) atoms. The average molecular weight is 347 g/mol. The zero-order valence-electron chi connectivity index (χ0n) is 15.2. The predicted molar refractivity (Wildman–Crippen MR) is 93.0 cm³/mol. The van der Waals surface area contributed by atoms with Gasteiger partial charge in [0.2, 0.25) is 5.91 Å². The summed E-state index contributed by atoms with van der Waals surface area (Å²) in [5.41, 5.74) is 0.884. The number of hydrogen-bond acceptors (Lipinski definition) is 4. The Morgan fingerprint density at radius 2 is 1.96 bits per heavy atom. The van der Waals surface area contributed by atoms with Gasteiger partial charge in [-0.05, 0) is 12.0 Å². The normalized spacial score (nSPS) is 14.4. The van der Waals surface area contributed by atoms with Crippen molar-refractivity contribution in [3.63, 3.8) is 0 Å². The van der Waals surface area contributed by atoms with Gasteiger partial charge >= 0.3 is 6.03 Å². The van der Waals surface area contributed by atoms with E-state index in [2.05, 4.69) is 13.8 Å². The smallest absolute Gasteiger partial charge is 0.327 e. The van der Waals surface area contributed by atoms with E-state index in [1.807, 2.05) is 24.3 Å². The maximum absolute atomic E-state index is 12.4. The van der Waals surface area contributed by atoms with E-state index in [0.717, 1.165) is 16.2 Å². The molecule has 0 bridgehead atoms. The highest BCUT2D eigenvalue weighted by atomic mass is 16.5. The first kappa shape index (κ1) is 18.8. The number of carbonyl (C=O) groups excluding carboxylic acids is 3. The maximum atomic E-state index is 12.4. The van der Waals surface area contributed by atoms with Crippen LogP contribution in [-0.4, -0.2) is 66.3 Å². The van der Waals surface area contributed by atoms with Gasteiger partial charge < -0.3 is 14.5 Å². The van der Waals surface area contributed by atoms with E-state index in [4.69, 9.17) is 4.74 Å². The monoisotopic (exact) mass is 347 g/mol. The second-order valence-electron chi connectivity index (χ2n) is 6.68. The summed E-state index contributed by atoms with van der Waals surface area (Å²) in [6.45, 7) is 4.85. The van der Waals surface area contributed by atoms with E-state index in [9.17, 15) is 14.4 Å². The first-order chi connectivity index (χ1) is 11.8. The van der Waals surface area contributed by atoms with Crippen LogP contribution in [-0.2, 0) is 16.1 Å². The molecule has 1 aromatic carbocycles. The third-order valence-corrected chi connectivity index (χ3v) is 3.90. The fourth-order valence-electron chi connectivity index (χ4n) is 2.46. The molecule has 0 unspecified atom stereocenters. The van der Waals surface area contributed by atoms with Gasteiger partial charge in [0.05, 0.1) is 6.61 Å². The molecule has 1 saturated heterocycles. The molecule has 1 heterocycles. The Bertz CT molecular complexity index is 659. The summed E-state index contributed by atoms with van der Waals surface area (Å²) in [4.78, 5) is 39.8. The summed E-state index contributed by atoms with van der Waals surface area (Å²) in [6.07, 6.45) is 0. The maximum Gasteiger partial charge on any atom is 0.327 e. The SMILES string of the molecule is CC(C)COc1ccccc1CN(C)C(=O)CN1C(=O)CN(C)C1=O. The van der Waals surface area contributed by atoms with Gasteiger partial charge in [-0.15, -0.1) is 0 Å². The van der Waals surface area contributed by atoms with Crippen molar-refractivity contribution in [2.75, 3.05) is 33.8 Å². The number of urea groups is 1. The van der Waals surface area contributed by atoms with Crippen molar-refractivity contribution in [2.45, 2.75) is 20.4 Å². The van der Waals surface area contributed by atoms with Gasteiger partial charge in [0.25, 0.3) is 5.91 Å². The molecule has 1 aliphatic heterocycles. The summed E-state index contributed by atoms with van der Waals surface area (Å²) in [6, 6.07) is 7.11. The molecule has 0 aromatic heterocycles. The Balaban J connectivity index is 1.99. The number of imide groups is 1. The van der Waals surface area contributed by atoms with Crippen LogP contribution in [0.2, 0.25) is 0 Å². The van der Waals surface area contributed by atoms with Crippen LogP contribution in [0.5, 0.6) is 5.75 Å². The van der Waals surface area contributed by atoms with E-state index < -0.39 is 6.03 Å². The fraction of sp³-hybridized carbons (Fsp3) is 0.500. The van der Waals surface area contributed by atoms with Crippen LogP contribution in [0.4, 0.5) is 4.79 Å². The number of amides is 4. The quantitative estimate of drug-likeness (QED) is 0.702. The molecule has 0 atom stereocenters. The van der Waals surface area contributed by atoms with Gasteiger partial charge in [-0.2, -0.15) is 0 Å². The molecular weight excluding hydrogens is 322 g/mol. The van der Waals surface area contributed by atoms with Crippen molar-refractivity contribution in [3.05, 3.63) is 29.8 Å². The molecule has 0 saturated carbocycles. The van der Waals surface area contributed by atoms with Gasteiger partial charge in [0, 0.05) is 26.2 Å². The van der Waals surface area contributed by atoms with Gasteiger partial charge in [0.1, 0.15) is 18.8 Å². The first-order valence-corrected chi connectivity index (χ1v) is 8.29. The largest absolute Gasteiger partial charge is 0.493 e. The van der Waals surface area contributed by atoms with Crippen LogP contribution >= 0.6 is 0 Å². The fourth-order valence-corrected chi connectivity index (χ4v) is 2.46. The standard InChI is InChI=1S/C18H25N3O4/c1-13(2)12-25-15-8-6-5-7-14(15)9-19(3)16(22)11-21-17(23)10-20(4)18(21)24/h5-8,13H,9-12H2,1-4H3. The lowest BCUT2D eigenvalue weighted by Gasteiger charge is -2.22. The molecule has 4 amide bonds. The number of ether oxygens (including phenoxy) is 1. The molecule has 0 spiro atoms. The van der Waals surface area contributed by atoms with Crippen LogP contribution in [0.1, 0.15) is 19.4 Å². The number of nitrogens with zero attached hydrogens (tertiary/aromatic N) is 3. The Hall–Kier alpha value is -2.57. The molecule has 136 valence electrons. The van der Waals surface area contributed by atoms with Crippen LogP contribution < -0.4 is 4.74 Å². The molecular formula is C18H25N3O4. The zero-order valence-corrected chi connectivity index (χ0v) is 15.2. The minimum Gasteiger partial charge on any atom is -0.493 e. The Labute approximate surface area is 148 Å². The topological polar surface area (TPSA) is 70.2 Å². The van der Waals surface area contributed by atoms with E-state index in [1.54, 1.807) is 7.05 Å². The van der Waals surface area contributed by atoms with Crippen molar-refractivity contribution >= 4 is 17.8 Å². The van der Waals surface area contributed by atoms with Crippen LogP contribution in [0.25, 0.3) is 0 Å². The number of benzene rings is 1. The summed E-state index contributed by atoms with van der Waals surface area (Å²) >= 11 is 0. The minimum atomic E-state index is -0.438. The van der Waals surface area contributed by atoms with Crippen molar-refractivity contribution in [1.82, 2.24) is 14.7 Å². The van der Waals surface area contributed by atoms with Gasteiger partial charge in [0.15, 0.2) is 0 Å². The second-order valence-corrected chi connectivity index (χ2v) is 6.68. The molecule has 7 nitrogen and oxygen atoms in total. The molecule has 1 aromatic rings. The predicted octanol–water partition coefficient (Wildman–Crippen LogP) is 1.57. The second kappa shape index (κ2) is 8.00. The van der Waals surface area contributed by atoms with Gasteiger partial charge in [-0.1, -0.05) is 32.0 Å². The molecule has 7 heteroatoms. The summed E-state index contributed by atoms with van der Waals surface area (Å²) in [5, 5.41) is 0. The average Bonchev–Trinajstić information content (AvgIpc) is 2.80.